The molecule has 0 unspecified atom stereocenters. The Morgan fingerprint density at radius 3 is 2.07 bits per heavy atom. The molecule has 0 bridgehead atoms. The molecule has 29 heavy (non-hydrogen) atoms. The average molecular weight is 390 g/mol. The molecule has 2 heterocycles. The maximum Gasteiger partial charge on any atom is 0.278 e. The molecule has 0 N–H and O–H groups in total. The normalized spacial score (nSPS) is 14.0. The Morgan fingerprint density at radius 1 is 0.897 bits per heavy atom. The molecule has 2 aromatic carbocycles. The van der Waals surface area contributed by atoms with Crippen LogP contribution in [0.3, 0.4) is 0 Å². The summed E-state index contributed by atoms with van der Waals surface area (Å²) in [5.41, 5.74) is 1.54. The highest BCUT2D eigenvalue weighted by Gasteiger charge is 2.27. The first kappa shape index (κ1) is 18.7. The van der Waals surface area contributed by atoms with Crippen LogP contribution in [-0.4, -0.2) is 53.9 Å². The van der Waals surface area contributed by atoms with Gasteiger partial charge in [0.05, 0.1) is 18.9 Å². The number of anilines is 1. The molecule has 1 aliphatic heterocycles. The third kappa shape index (κ3) is 3.85. The zero-order chi connectivity index (χ0) is 20.2. The maximum atomic E-state index is 13.2. The van der Waals surface area contributed by atoms with Crippen molar-refractivity contribution >= 4 is 11.6 Å². The van der Waals surface area contributed by atoms with Crippen LogP contribution in [0.5, 0.6) is 5.75 Å². The van der Waals surface area contributed by atoms with Gasteiger partial charge >= 0.3 is 0 Å². The Hall–Kier alpha value is -3.61. The fraction of sp³-hybridized carbons (Fsp3) is 0.227. The Balaban J connectivity index is 1.58. The summed E-state index contributed by atoms with van der Waals surface area (Å²) in [7, 11) is 1.44. The van der Waals surface area contributed by atoms with Crippen molar-refractivity contribution in [3.05, 3.63) is 82.8 Å². The highest BCUT2D eigenvalue weighted by molar-refractivity contribution is 5.95. The summed E-state index contributed by atoms with van der Waals surface area (Å²) in [4.78, 5) is 29.6. The Kier molecular flexibility index (Phi) is 5.29. The van der Waals surface area contributed by atoms with E-state index in [4.69, 9.17) is 4.74 Å². The largest absolute Gasteiger partial charge is 0.494 e. The van der Waals surface area contributed by atoms with Gasteiger partial charge in [0.2, 0.25) is 0 Å². The molecular formula is C22H22N4O3. The summed E-state index contributed by atoms with van der Waals surface area (Å²) in [5.74, 6) is -0.0445. The van der Waals surface area contributed by atoms with Crippen LogP contribution in [0.1, 0.15) is 10.5 Å². The van der Waals surface area contributed by atoms with Gasteiger partial charge < -0.3 is 14.5 Å². The molecule has 7 heteroatoms. The molecule has 0 atom stereocenters. The smallest absolute Gasteiger partial charge is 0.278 e. The van der Waals surface area contributed by atoms with Crippen LogP contribution in [0.4, 0.5) is 5.69 Å². The number of methoxy groups -OCH3 is 1. The lowest BCUT2D eigenvalue weighted by Gasteiger charge is -2.36. The summed E-state index contributed by atoms with van der Waals surface area (Å²) < 4.78 is 6.52. The lowest BCUT2D eigenvalue weighted by Crippen LogP contribution is -2.49. The van der Waals surface area contributed by atoms with E-state index in [0.717, 1.165) is 18.8 Å². The van der Waals surface area contributed by atoms with Gasteiger partial charge in [-0.1, -0.05) is 36.4 Å². The van der Waals surface area contributed by atoms with Gasteiger partial charge in [0.25, 0.3) is 11.5 Å². The van der Waals surface area contributed by atoms with E-state index in [9.17, 15) is 9.59 Å². The van der Waals surface area contributed by atoms with Crippen molar-refractivity contribution in [3.8, 4) is 11.4 Å². The Morgan fingerprint density at radius 2 is 1.48 bits per heavy atom. The number of carbonyl (C=O) groups is 1. The Bertz CT molecular complexity index is 1040. The van der Waals surface area contributed by atoms with Gasteiger partial charge in [-0.05, 0) is 24.3 Å². The van der Waals surface area contributed by atoms with Crippen molar-refractivity contribution in [2.75, 3.05) is 38.2 Å². The number of para-hydroxylation sites is 2. The molecule has 3 aromatic rings. The van der Waals surface area contributed by atoms with Crippen LogP contribution < -0.4 is 15.2 Å². The third-order valence-electron chi connectivity index (χ3n) is 5.01. The van der Waals surface area contributed by atoms with Crippen LogP contribution in [0.15, 0.2) is 71.5 Å². The minimum atomic E-state index is -0.349. The number of piperazine rings is 1. The fourth-order valence-electron chi connectivity index (χ4n) is 3.45. The zero-order valence-corrected chi connectivity index (χ0v) is 16.2. The van der Waals surface area contributed by atoms with Crippen LogP contribution in [0.2, 0.25) is 0 Å². The molecule has 1 aromatic heterocycles. The predicted octanol–water partition coefficient (Wildman–Crippen LogP) is 2.20. The highest BCUT2D eigenvalue weighted by atomic mass is 16.5. The predicted molar refractivity (Wildman–Crippen MR) is 111 cm³/mol. The molecule has 1 aliphatic rings. The van der Waals surface area contributed by atoms with Crippen molar-refractivity contribution in [3.63, 3.8) is 0 Å². The molecule has 148 valence electrons. The second kappa shape index (κ2) is 8.18. The van der Waals surface area contributed by atoms with Crippen LogP contribution >= 0.6 is 0 Å². The number of benzene rings is 2. The summed E-state index contributed by atoms with van der Waals surface area (Å²) in [6.45, 7) is 2.61. The quantitative estimate of drug-likeness (QED) is 0.683. The lowest BCUT2D eigenvalue weighted by molar-refractivity contribution is 0.0734. The highest BCUT2D eigenvalue weighted by Crippen LogP contribution is 2.20. The summed E-state index contributed by atoms with van der Waals surface area (Å²) in [5, 5.41) is 4.34. The van der Waals surface area contributed by atoms with Gasteiger partial charge in [-0.15, -0.1) is 0 Å². The summed E-state index contributed by atoms with van der Waals surface area (Å²) in [6.07, 6.45) is 0. The van der Waals surface area contributed by atoms with Crippen molar-refractivity contribution in [2.24, 2.45) is 0 Å². The number of amides is 1. The van der Waals surface area contributed by atoms with Gasteiger partial charge in [-0.25, -0.2) is 0 Å². The van der Waals surface area contributed by atoms with E-state index in [0.29, 0.717) is 18.8 Å². The molecular weight excluding hydrogens is 368 g/mol. The van der Waals surface area contributed by atoms with Gasteiger partial charge in [-0.3, -0.25) is 9.59 Å². The van der Waals surface area contributed by atoms with Gasteiger partial charge in [0, 0.05) is 31.9 Å². The first-order valence-corrected chi connectivity index (χ1v) is 9.50. The van der Waals surface area contributed by atoms with E-state index in [-0.39, 0.29) is 22.9 Å². The topological polar surface area (TPSA) is 67.7 Å². The van der Waals surface area contributed by atoms with Crippen LogP contribution in [0, 0.1) is 0 Å². The third-order valence-corrected chi connectivity index (χ3v) is 5.01. The molecule has 0 spiro atoms. The number of ether oxygens (including phenoxy) is 1. The molecule has 1 fully saturated rings. The number of nitrogens with zero attached hydrogens (tertiary/aromatic N) is 4. The van der Waals surface area contributed by atoms with E-state index in [1.807, 2.05) is 36.4 Å². The van der Waals surface area contributed by atoms with Gasteiger partial charge in [0.15, 0.2) is 11.4 Å². The zero-order valence-electron chi connectivity index (χ0n) is 16.2. The van der Waals surface area contributed by atoms with Crippen molar-refractivity contribution in [1.29, 1.82) is 0 Å². The monoisotopic (exact) mass is 390 g/mol. The SMILES string of the molecule is COc1cc(=O)n(-c2ccccc2)nc1C(=O)N1CCN(c2ccccc2)CC1. The van der Waals surface area contributed by atoms with Gasteiger partial charge in [-0.2, -0.15) is 9.78 Å². The van der Waals surface area contributed by atoms with Crippen molar-refractivity contribution < 1.29 is 9.53 Å². The van der Waals surface area contributed by atoms with E-state index < -0.39 is 0 Å². The standard InChI is InChI=1S/C22H22N4O3/c1-29-19-16-20(27)26(18-10-6-3-7-11-18)23-21(19)22(28)25-14-12-24(13-15-25)17-8-4-2-5-9-17/h2-11,16H,12-15H2,1H3. The first-order chi connectivity index (χ1) is 14.2. The second-order valence-electron chi connectivity index (χ2n) is 6.76. The van der Waals surface area contributed by atoms with E-state index in [2.05, 4.69) is 22.1 Å². The average Bonchev–Trinajstić information content (AvgIpc) is 2.79. The minimum Gasteiger partial charge on any atom is -0.494 e. The molecule has 0 saturated carbocycles. The molecule has 1 amide bonds. The van der Waals surface area contributed by atoms with Crippen molar-refractivity contribution in [1.82, 2.24) is 14.7 Å². The second-order valence-corrected chi connectivity index (χ2v) is 6.76. The number of rotatable bonds is 4. The number of hydrogen-bond donors (Lipinski definition) is 0. The Labute approximate surface area is 168 Å². The number of carbonyl (C=O) groups excluding carboxylic acids is 1. The minimum absolute atomic E-state index is 0.143. The first-order valence-electron chi connectivity index (χ1n) is 9.50. The fourth-order valence-corrected chi connectivity index (χ4v) is 3.45. The molecule has 0 aliphatic carbocycles. The summed E-state index contributed by atoms with van der Waals surface area (Å²) >= 11 is 0. The lowest BCUT2D eigenvalue weighted by atomic mass is 10.2. The molecule has 1 saturated heterocycles. The number of aromatic nitrogens is 2. The van der Waals surface area contributed by atoms with E-state index >= 15 is 0 Å². The molecule has 4 rings (SSSR count). The molecule has 7 nitrogen and oxygen atoms in total. The van der Waals surface area contributed by atoms with Crippen LogP contribution in [-0.2, 0) is 0 Å². The van der Waals surface area contributed by atoms with Crippen LogP contribution in [0.25, 0.3) is 5.69 Å². The van der Waals surface area contributed by atoms with E-state index in [1.165, 1.54) is 17.9 Å². The van der Waals surface area contributed by atoms with Crippen molar-refractivity contribution in [2.45, 2.75) is 0 Å². The molecule has 0 radical (unpaired) electrons. The number of hydrogen-bond acceptors (Lipinski definition) is 5. The van der Waals surface area contributed by atoms with Gasteiger partial charge in [0.1, 0.15) is 0 Å². The summed E-state index contributed by atoms with van der Waals surface area (Å²) in [6, 6.07) is 20.5. The maximum absolute atomic E-state index is 13.2. The van der Waals surface area contributed by atoms with E-state index in [1.54, 1.807) is 17.0 Å².